The van der Waals surface area contributed by atoms with Crippen LogP contribution in [0.3, 0.4) is 0 Å². The zero-order chi connectivity index (χ0) is 13.0. The first kappa shape index (κ1) is 12.6. The SMILES string of the molecule is O=[N+]([O-])C[C@@H](c1ccccc1)c1cccc(Cl)c1. The molecular formula is C14H12ClNO2. The number of hydrogen-bond donors (Lipinski definition) is 0. The van der Waals surface area contributed by atoms with E-state index in [0.29, 0.717) is 5.02 Å². The third kappa shape index (κ3) is 3.08. The minimum atomic E-state index is -0.293. The van der Waals surface area contributed by atoms with Gasteiger partial charge in [-0.15, -0.1) is 0 Å². The van der Waals surface area contributed by atoms with Crippen LogP contribution in [0.1, 0.15) is 17.0 Å². The fourth-order valence-corrected chi connectivity index (χ4v) is 2.16. The summed E-state index contributed by atoms with van der Waals surface area (Å²) in [5, 5.41) is 11.4. The molecule has 1 atom stereocenters. The summed E-state index contributed by atoms with van der Waals surface area (Å²) in [6.07, 6.45) is 0. The van der Waals surface area contributed by atoms with Crippen molar-refractivity contribution >= 4 is 11.6 Å². The van der Waals surface area contributed by atoms with Crippen molar-refractivity contribution in [3.05, 3.63) is 80.9 Å². The number of nitrogens with zero attached hydrogens (tertiary/aromatic N) is 1. The molecule has 0 fully saturated rings. The van der Waals surface area contributed by atoms with Gasteiger partial charge in [0.25, 0.3) is 0 Å². The van der Waals surface area contributed by atoms with E-state index in [-0.39, 0.29) is 17.4 Å². The molecule has 92 valence electrons. The van der Waals surface area contributed by atoms with E-state index in [4.69, 9.17) is 11.6 Å². The summed E-state index contributed by atoms with van der Waals surface area (Å²) in [7, 11) is 0. The Morgan fingerprint density at radius 1 is 1.06 bits per heavy atom. The molecule has 0 spiro atoms. The smallest absolute Gasteiger partial charge is 0.214 e. The van der Waals surface area contributed by atoms with Gasteiger partial charge in [0, 0.05) is 9.95 Å². The maximum atomic E-state index is 10.8. The lowest BCUT2D eigenvalue weighted by atomic mass is 9.91. The predicted octanol–water partition coefficient (Wildman–Crippen LogP) is 3.75. The summed E-state index contributed by atoms with van der Waals surface area (Å²) in [6.45, 7) is -0.135. The summed E-state index contributed by atoms with van der Waals surface area (Å²) in [6, 6.07) is 16.7. The molecule has 0 aliphatic rings. The molecule has 0 saturated heterocycles. The third-order valence-corrected chi connectivity index (χ3v) is 3.02. The Hall–Kier alpha value is -1.87. The van der Waals surface area contributed by atoms with Crippen LogP contribution in [0.25, 0.3) is 0 Å². The van der Waals surface area contributed by atoms with Crippen LogP contribution in [0, 0.1) is 10.1 Å². The topological polar surface area (TPSA) is 43.1 Å². The zero-order valence-corrected chi connectivity index (χ0v) is 10.4. The Labute approximate surface area is 110 Å². The van der Waals surface area contributed by atoms with Crippen molar-refractivity contribution in [2.45, 2.75) is 5.92 Å². The van der Waals surface area contributed by atoms with E-state index in [1.54, 1.807) is 12.1 Å². The van der Waals surface area contributed by atoms with E-state index in [1.165, 1.54) is 0 Å². The minimum absolute atomic E-state index is 0.135. The highest BCUT2D eigenvalue weighted by Crippen LogP contribution is 2.26. The van der Waals surface area contributed by atoms with Gasteiger partial charge in [-0.3, -0.25) is 10.1 Å². The highest BCUT2D eigenvalue weighted by molar-refractivity contribution is 6.30. The third-order valence-electron chi connectivity index (χ3n) is 2.78. The normalized spacial score (nSPS) is 12.1. The van der Waals surface area contributed by atoms with Crippen molar-refractivity contribution in [2.75, 3.05) is 6.54 Å². The Balaban J connectivity index is 2.40. The van der Waals surface area contributed by atoms with Gasteiger partial charge in [0.05, 0.1) is 5.92 Å². The average molecular weight is 262 g/mol. The monoisotopic (exact) mass is 261 g/mol. The molecule has 18 heavy (non-hydrogen) atoms. The predicted molar refractivity (Wildman–Crippen MR) is 71.6 cm³/mol. The van der Waals surface area contributed by atoms with Crippen molar-refractivity contribution in [1.29, 1.82) is 0 Å². The van der Waals surface area contributed by atoms with Crippen molar-refractivity contribution in [3.63, 3.8) is 0 Å². The minimum Gasteiger partial charge on any atom is -0.265 e. The standard InChI is InChI=1S/C14H12ClNO2/c15-13-8-4-7-12(9-13)14(10-16(17)18)11-5-2-1-3-6-11/h1-9,14H,10H2/t14-/m0/s1. The quantitative estimate of drug-likeness (QED) is 0.621. The number of halogens is 1. The number of nitro groups is 1. The fraction of sp³-hybridized carbons (Fsp3) is 0.143. The van der Waals surface area contributed by atoms with Crippen LogP contribution in [-0.4, -0.2) is 11.5 Å². The Bertz CT molecular complexity index is 543. The van der Waals surface area contributed by atoms with Crippen LogP contribution < -0.4 is 0 Å². The van der Waals surface area contributed by atoms with E-state index in [0.717, 1.165) is 11.1 Å². The molecule has 0 amide bonds. The van der Waals surface area contributed by atoms with Crippen molar-refractivity contribution < 1.29 is 4.92 Å². The second-order valence-corrected chi connectivity index (χ2v) is 4.47. The fourth-order valence-electron chi connectivity index (χ4n) is 1.96. The van der Waals surface area contributed by atoms with Gasteiger partial charge in [-0.05, 0) is 23.3 Å². The van der Waals surface area contributed by atoms with Gasteiger partial charge in [-0.2, -0.15) is 0 Å². The zero-order valence-electron chi connectivity index (χ0n) is 9.62. The van der Waals surface area contributed by atoms with Crippen molar-refractivity contribution in [2.24, 2.45) is 0 Å². The van der Waals surface area contributed by atoms with Crippen LogP contribution in [0.15, 0.2) is 54.6 Å². The van der Waals surface area contributed by atoms with Crippen LogP contribution in [0.4, 0.5) is 0 Å². The van der Waals surface area contributed by atoms with Crippen LogP contribution in [-0.2, 0) is 0 Å². The summed E-state index contributed by atoms with van der Waals surface area (Å²) in [5.41, 5.74) is 1.79. The molecule has 2 rings (SSSR count). The maximum Gasteiger partial charge on any atom is 0.214 e. The molecule has 0 bridgehead atoms. The highest BCUT2D eigenvalue weighted by Gasteiger charge is 2.19. The maximum absolute atomic E-state index is 10.8. The molecule has 0 radical (unpaired) electrons. The number of hydrogen-bond acceptors (Lipinski definition) is 2. The molecule has 0 unspecified atom stereocenters. The van der Waals surface area contributed by atoms with Gasteiger partial charge < -0.3 is 0 Å². The van der Waals surface area contributed by atoms with E-state index in [9.17, 15) is 10.1 Å². The molecular weight excluding hydrogens is 250 g/mol. The molecule has 0 aromatic heterocycles. The van der Waals surface area contributed by atoms with Gasteiger partial charge in [0.1, 0.15) is 0 Å². The summed E-state index contributed by atoms with van der Waals surface area (Å²) < 4.78 is 0. The van der Waals surface area contributed by atoms with Crippen LogP contribution >= 0.6 is 11.6 Å². The number of benzene rings is 2. The summed E-state index contributed by atoms with van der Waals surface area (Å²) in [4.78, 5) is 10.5. The van der Waals surface area contributed by atoms with E-state index < -0.39 is 0 Å². The largest absolute Gasteiger partial charge is 0.265 e. The van der Waals surface area contributed by atoms with Crippen LogP contribution in [0.5, 0.6) is 0 Å². The summed E-state index contributed by atoms with van der Waals surface area (Å²) >= 11 is 5.94. The molecule has 4 heteroatoms. The van der Waals surface area contributed by atoms with Gasteiger partial charge in [0.15, 0.2) is 0 Å². The van der Waals surface area contributed by atoms with Gasteiger partial charge in [0.2, 0.25) is 6.54 Å². The molecule has 0 heterocycles. The molecule has 0 N–H and O–H groups in total. The lowest BCUT2D eigenvalue weighted by Crippen LogP contribution is -2.13. The Morgan fingerprint density at radius 3 is 2.33 bits per heavy atom. The van der Waals surface area contributed by atoms with Crippen molar-refractivity contribution in [1.82, 2.24) is 0 Å². The van der Waals surface area contributed by atoms with E-state index in [2.05, 4.69) is 0 Å². The average Bonchev–Trinajstić information content (AvgIpc) is 2.37. The molecule has 2 aromatic carbocycles. The van der Waals surface area contributed by atoms with E-state index >= 15 is 0 Å². The van der Waals surface area contributed by atoms with Crippen molar-refractivity contribution in [3.8, 4) is 0 Å². The van der Waals surface area contributed by atoms with Gasteiger partial charge in [-0.25, -0.2) is 0 Å². The molecule has 2 aromatic rings. The Morgan fingerprint density at radius 2 is 1.72 bits per heavy atom. The molecule has 0 saturated carbocycles. The van der Waals surface area contributed by atoms with Gasteiger partial charge >= 0.3 is 0 Å². The van der Waals surface area contributed by atoms with E-state index in [1.807, 2.05) is 42.5 Å². The second-order valence-electron chi connectivity index (χ2n) is 4.03. The first-order valence-electron chi connectivity index (χ1n) is 5.59. The molecule has 0 aliphatic heterocycles. The lowest BCUT2D eigenvalue weighted by Gasteiger charge is -2.14. The second kappa shape index (κ2) is 5.65. The highest BCUT2D eigenvalue weighted by atomic mass is 35.5. The summed E-state index contributed by atoms with van der Waals surface area (Å²) in [5.74, 6) is -0.264. The van der Waals surface area contributed by atoms with Crippen LogP contribution in [0.2, 0.25) is 5.02 Å². The number of rotatable bonds is 4. The molecule has 3 nitrogen and oxygen atoms in total. The van der Waals surface area contributed by atoms with Gasteiger partial charge in [-0.1, -0.05) is 54.1 Å². The first-order chi connectivity index (χ1) is 8.66. The lowest BCUT2D eigenvalue weighted by molar-refractivity contribution is -0.481. The Kier molecular flexibility index (Phi) is 3.95. The first-order valence-corrected chi connectivity index (χ1v) is 5.97. The molecule has 0 aliphatic carbocycles.